The minimum Gasteiger partial charge on any atom is -0.373 e. The molecule has 0 aliphatic rings. The Morgan fingerprint density at radius 2 is 1.62 bits per heavy atom. The molecule has 0 atom stereocenters. The lowest BCUT2D eigenvalue weighted by Crippen LogP contribution is -2.08. The van der Waals surface area contributed by atoms with Crippen molar-refractivity contribution in [1.82, 2.24) is 9.97 Å². The Bertz CT molecular complexity index is 651. The number of nitrogens with zero attached hydrogens (tertiary/aromatic N) is 2. The van der Waals surface area contributed by atoms with Gasteiger partial charge in [-0.2, -0.15) is 0 Å². The van der Waals surface area contributed by atoms with E-state index >= 15 is 0 Å². The summed E-state index contributed by atoms with van der Waals surface area (Å²) >= 11 is 0. The molecule has 2 aromatic rings. The van der Waals surface area contributed by atoms with Crippen LogP contribution in [0.4, 0.5) is 30.5 Å². The molecule has 0 amide bonds. The molecule has 2 rings (SSSR count). The molecule has 1 heterocycles. The zero-order valence-corrected chi connectivity index (χ0v) is 11.9. The fourth-order valence-electron chi connectivity index (χ4n) is 1.87. The van der Waals surface area contributed by atoms with Gasteiger partial charge in [-0.15, -0.1) is 0 Å². The van der Waals surface area contributed by atoms with Gasteiger partial charge in [-0.3, -0.25) is 0 Å². The van der Waals surface area contributed by atoms with Crippen LogP contribution in [0.15, 0.2) is 12.1 Å². The van der Waals surface area contributed by atoms with Gasteiger partial charge in [0.05, 0.1) is 0 Å². The van der Waals surface area contributed by atoms with E-state index in [2.05, 4.69) is 20.6 Å². The molecule has 112 valence electrons. The second kappa shape index (κ2) is 5.99. The Hall–Kier alpha value is -2.31. The number of hydrogen-bond acceptors (Lipinski definition) is 4. The van der Waals surface area contributed by atoms with Crippen LogP contribution in [0.5, 0.6) is 0 Å². The topological polar surface area (TPSA) is 49.8 Å². The summed E-state index contributed by atoms with van der Waals surface area (Å²) in [6.45, 7) is 3.58. The van der Waals surface area contributed by atoms with Crippen molar-refractivity contribution >= 4 is 17.3 Å². The first kappa shape index (κ1) is 15.1. The first-order valence-corrected chi connectivity index (χ1v) is 6.43. The monoisotopic (exact) mass is 296 g/mol. The zero-order chi connectivity index (χ0) is 15.6. The molecule has 1 aromatic carbocycles. The third-order valence-corrected chi connectivity index (χ3v) is 3.00. The van der Waals surface area contributed by atoms with Crippen LogP contribution in [0.1, 0.15) is 18.3 Å². The molecular formula is C14H15F3N4. The van der Waals surface area contributed by atoms with E-state index in [1.165, 1.54) is 0 Å². The molecule has 0 radical (unpaired) electrons. The van der Waals surface area contributed by atoms with Crippen LogP contribution in [0, 0.1) is 24.4 Å². The van der Waals surface area contributed by atoms with Crippen molar-refractivity contribution in [1.29, 1.82) is 0 Å². The minimum absolute atomic E-state index is 0.274. The van der Waals surface area contributed by atoms with Crippen LogP contribution >= 0.6 is 0 Å². The van der Waals surface area contributed by atoms with Gasteiger partial charge in [-0.25, -0.2) is 23.1 Å². The number of hydrogen-bond donors (Lipinski definition) is 2. The Kier molecular flexibility index (Phi) is 4.30. The smallest absolute Gasteiger partial charge is 0.152 e. The highest BCUT2D eigenvalue weighted by molar-refractivity contribution is 5.65. The molecule has 0 spiro atoms. The minimum atomic E-state index is -1.02. The summed E-state index contributed by atoms with van der Waals surface area (Å²) in [6, 6.07) is 1.23. The summed E-state index contributed by atoms with van der Waals surface area (Å²) < 4.78 is 40.3. The molecule has 7 heteroatoms. The molecule has 2 N–H and O–H groups in total. The van der Waals surface area contributed by atoms with Crippen molar-refractivity contribution in [2.45, 2.75) is 20.3 Å². The molecule has 0 fully saturated rings. The van der Waals surface area contributed by atoms with E-state index in [0.717, 1.165) is 0 Å². The maximum atomic E-state index is 13.7. The fraction of sp³-hybridized carbons (Fsp3) is 0.286. The second-order valence-electron chi connectivity index (χ2n) is 4.44. The van der Waals surface area contributed by atoms with Crippen molar-refractivity contribution in [3.05, 3.63) is 41.0 Å². The van der Waals surface area contributed by atoms with Gasteiger partial charge in [0.2, 0.25) is 0 Å². The van der Waals surface area contributed by atoms with Crippen LogP contribution < -0.4 is 10.6 Å². The Labute approximate surface area is 120 Å². The normalized spacial score (nSPS) is 10.6. The van der Waals surface area contributed by atoms with Crippen LogP contribution in [0.3, 0.4) is 0 Å². The van der Waals surface area contributed by atoms with Gasteiger partial charge in [-0.05, 0) is 6.92 Å². The van der Waals surface area contributed by atoms with Gasteiger partial charge in [0, 0.05) is 31.2 Å². The quantitative estimate of drug-likeness (QED) is 0.906. The molecule has 1 aromatic heterocycles. The van der Waals surface area contributed by atoms with Gasteiger partial charge in [-0.1, -0.05) is 6.92 Å². The fourth-order valence-corrected chi connectivity index (χ4v) is 1.87. The molecular weight excluding hydrogens is 281 g/mol. The van der Waals surface area contributed by atoms with Crippen molar-refractivity contribution in [2.24, 2.45) is 0 Å². The lowest BCUT2D eigenvalue weighted by Gasteiger charge is -2.14. The van der Waals surface area contributed by atoms with E-state index in [1.807, 2.05) is 6.92 Å². The number of anilines is 3. The number of aryl methyl sites for hydroxylation is 1. The van der Waals surface area contributed by atoms with Gasteiger partial charge in [0.15, 0.2) is 11.6 Å². The molecule has 0 saturated carbocycles. The Morgan fingerprint density at radius 3 is 2.14 bits per heavy atom. The second-order valence-corrected chi connectivity index (χ2v) is 4.44. The van der Waals surface area contributed by atoms with E-state index in [0.29, 0.717) is 35.8 Å². The predicted octanol–water partition coefficient (Wildman–Crippen LogP) is 3.55. The van der Waals surface area contributed by atoms with E-state index in [-0.39, 0.29) is 5.82 Å². The molecule has 0 bridgehead atoms. The van der Waals surface area contributed by atoms with Crippen LogP contribution in [-0.2, 0) is 6.42 Å². The summed E-state index contributed by atoms with van der Waals surface area (Å²) in [4.78, 5) is 8.47. The van der Waals surface area contributed by atoms with E-state index in [4.69, 9.17) is 0 Å². The summed E-state index contributed by atoms with van der Waals surface area (Å²) in [5, 5.41) is 5.47. The predicted molar refractivity (Wildman–Crippen MR) is 75.3 cm³/mol. The zero-order valence-electron chi connectivity index (χ0n) is 11.9. The van der Waals surface area contributed by atoms with Gasteiger partial charge < -0.3 is 10.6 Å². The SMILES string of the molecule is CCc1nc(NC)c(C)c(Nc2c(F)cc(F)cc2F)n1. The molecule has 21 heavy (non-hydrogen) atoms. The average Bonchev–Trinajstić information content (AvgIpc) is 2.44. The first-order valence-electron chi connectivity index (χ1n) is 6.43. The summed E-state index contributed by atoms with van der Waals surface area (Å²) in [5.41, 5.74) is 0.167. The van der Waals surface area contributed by atoms with Crippen LogP contribution in [0.25, 0.3) is 0 Å². The number of aromatic nitrogens is 2. The summed E-state index contributed by atoms with van der Waals surface area (Å²) in [6.07, 6.45) is 0.567. The Balaban J connectivity index is 2.49. The van der Waals surface area contributed by atoms with Gasteiger partial charge in [0.1, 0.15) is 29.0 Å². The van der Waals surface area contributed by atoms with E-state index < -0.39 is 23.1 Å². The highest BCUT2D eigenvalue weighted by atomic mass is 19.1. The third-order valence-electron chi connectivity index (χ3n) is 3.00. The van der Waals surface area contributed by atoms with Crippen LogP contribution in [-0.4, -0.2) is 17.0 Å². The number of halogens is 3. The summed E-state index contributed by atoms with van der Waals surface area (Å²) in [5.74, 6) is -1.65. The largest absolute Gasteiger partial charge is 0.373 e. The maximum Gasteiger partial charge on any atom is 0.152 e. The van der Waals surface area contributed by atoms with Gasteiger partial charge in [0.25, 0.3) is 0 Å². The highest BCUT2D eigenvalue weighted by Gasteiger charge is 2.15. The molecule has 4 nitrogen and oxygen atoms in total. The van der Waals surface area contributed by atoms with Gasteiger partial charge >= 0.3 is 0 Å². The van der Waals surface area contributed by atoms with Crippen molar-refractivity contribution < 1.29 is 13.2 Å². The van der Waals surface area contributed by atoms with E-state index in [9.17, 15) is 13.2 Å². The first-order chi connectivity index (χ1) is 9.96. The maximum absolute atomic E-state index is 13.7. The standard InChI is InChI=1S/C14H15F3N4/c1-4-11-19-13(18-3)7(2)14(20-11)21-12-9(16)5-8(15)6-10(12)17/h5-6H,4H2,1-3H3,(H2,18,19,20,21). The number of rotatable bonds is 4. The lowest BCUT2D eigenvalue weighted by molar-refractivity contribution is 0.548. The molecule has 0 saturated heterocycles. The van der Waals surface area contributed by atoms with E-state index in [1.54, 1.807) is 14.0 Å². The molecule has 0 unspecified atom stereocenters. The summed E-state index contributed by atoms with van der Waals surface area (Å²) in [7, 11) is 1.69. The number of nitrogens with one attached hydrogen (secondary N) is 2. The highest BCUT2D eigenvalue weighted by Crippen LogP contribution is 2.27. The van der Waals surface area contributed by atoms with Crippen molar-refractivity contribution in [2.75, 3.05) is 17.7 Å². The Morgan fingerprint density at radius 1 is 1.05 bits per heavy atom. The third kappa shape index (κ3) is 3.07. The van der Waals surface area contributed by atoms with Crippen LogP contribution in [0.2, 0.25) is 0 Å². The average molecular weight is 296 g/mol. The molecule has 0 aliphatic carbocycles. The van der Waals surface area contributed by atoms with Crippen molar-refractivity contribution in [3.8, 4) is 0 Å². The number of benzene rings is 1. The molecule has 0 aliphatic heterocycles. The lowest BCUT2D eigenvalue weighted by atomic mass is 10.2. The van der Waals surface area contributed by atoms with Crippen molar-refractivity contribution in [3.63, 3.8) is 0 Å².